The Balaban J connectivity index is 1.96. The van der Waals surface area contributed by atoms with Gasteiger partial charge in [0.05, 0.1) is 11.7 Å². The highest BCUT2D eigenvalue weighted by Gasteiger charge is 2.19. The van der Waals surface area contributed by atoms with Crippen molar-refractivity contribution >= 4 is 0 Å². The molecule has 0 saturated heterocycles. The highest BCUT2D eigenvalue weighted by Crippen LogP contribution is 2.20. The van der Waals surface area contributed by atoms with E-state index in [0.717, 1.165) is 25.0 Å². The highest BCUT2D eigenvalue weighted by atomic mass is 19.1. The minimum absolute atomic E-state index is 0.157. The van der Waals surface area contributed by atoms with Crippen molar-refractivity contribution in [2.45, 2.75) is 25.0 Å². The maximum Gasteiger partial charge on any atom is 0.131 e. The largest absolute Gasteiger partial charge is 0.387 e. The monoisotopic (exact) mass is 239 g/mol. The zero-order valence-corrected chi connectivity index (χ0v) is 9.37. The van der Waals surface area contributed by atoms with E-state index < -0.39 is 17.7 Å². The molecule has 0 aliphatic heterocycles. The van der Waals surface area contributed by atoms with Crippen LogP contribution in [-0.4, -0.2) is 17.7 Å². The van der Waals surface area contributed by atoms with E-state index in [1.807, 2.05) is 12.2 Å². The van der Waals surface area contributed by atoms with E-state index in [1.165, 1.54) is 6.07 Å². The summed E-state index contributed by atoms with van der Waals surface area (Å²) < 4.78 is 26.7. The van der Waals surface area contributed by atoms with Crippen LogP contribution in [0.2, 0.25) is 0 Å². The zero-order chi connectivity index (χ0) is 12.3. The van der Waals surface area contributed by atoms with Crippen LogP contribution in [0.4, 0.5) is 8.78 Å². The molecule has 1 unspecified atom stereocenters. The van der Waals surface area contributed by atoms with E-state index in [4.69, 9.17) is 0 Å². The molecule has 0 fully saturated rings. The van der Waals surface area contributed by atoms with Gasteiger partial charge >= 0.3 is 0 Å². The third-order valence-corrected chi connectivity index (χ3v) is 2.94. The first-order valence-corrected chi connectivity index (χ1v) is 5.69. The fraction of sp³-hybridized carbons (Fsp3) is 0.385. The average Bonchev–Trinajstić information content (AvgIpc) is 2.79. The Morgan fingerprint density at radius 1 is 1.24 bits per heavy atom. The van der Waals surface area contributed by atoms with Gasteiger partial charge in [0.1, 0.15) is 11.6 Å². The van der Waals surface area contributed by atoms with Gasteiger partial charge in [0.15, 0.2) is 0 Å². The van der Waals surface area contributed by atoms with Gasteiger partial charge in [-0.25, -0.2) is 8.78 Å². The number of aliphatic hydroxyl groups excluding tert-OH is 1. The SMILES string of the molecule is OC(CNC1CC=CC1)c1c(F)cccc1F. The lowest BCUT2D eigenvalue weighted by molar-refractivity contribution is 0.161. The lowest BCUT2D eigenvalue weighted by Crippen LogP contribution is -2.31. The smallest absolute Gasteiger partial charge is 0.131 e. The van der Waals surface area contributed by atoms with Gasteiger partial charge in [0.25, 0.3) is 0 Å². The lowest BCUT2D eigenvalue weighted by Gasteiger charge is -2.17. The van der Waals surface area contributed by atoms with Crippen molar-refractivity contribution in [3.63, 3.8) is 0 Å². The van der Waals surface area contributed by atoms with Crippen LogP contribution in [0.5, 0.6) is 0 Å². The van der Waals surface area contributed by atoms with Crippen LogP contribution in [-0.2, 0) is 0 Å². The molecule has 2 N–H and O–H groups in total. The quantitative estimate of drug-likeness (QED) is 0.790. The molecule has 0 radical (unpaired) electrons. The minimum Gasteiger partial charge on any atom is -0.387 e. The van der Waals surface area contributed by atoms with Crippen LogP contribution >= 0.6 is 0 Å². The molecule has 1 aliphatic rings. The molecule has 0 saturated carbocycles. The fourth-order valence-electron chi connectivity index (χ4n) is 1.99. The predicted molar refractivity (Wildman–Crippen MR) is 61.5 cm³/mol. The molecule has 4 heteroatoms. The Hall–Kier alpha value is -1.26. The normalized spacial score (nSPS) is 17.6. The van der Waals surface area contributed by atoms with Gasteiger partial charge in [0, 0.05) is 12.6 Å². The molecule has 1 aromatic carbocycles. The first-order chi connectivity index (χ1) is 8.18. The summed E-state index contributed by atoms with van der Waals surface area (Å²) in [7, 11) is 0. The van der Waals surface area contributed by atoms with E-state index in [1.54, 1.807) is 0 Å². The van der Waals surface area contributed by atoms with Crippen molar-refractivity contribution in [2.24, 2.45) is 0 Å². The van der Waals surface area contributed by atoms with Crippen molar-refractivity contribution in [3.8, 4) is 0 Å². The topological polar surface area (TPSA) is 32.3 Å². The number of aliphatic hydroxyl groups is 1. The molecule has 1 aliphatic carbocycles. The van der Waals surface area contributed by atoms with Crippen LogP contribution in [0.1, 0.15) is 24.5 Å². The van der Waals surface area contributed by atoms with Gasteiger partial charge in [0.2, 0.25) is 0 Å². The van der Waals surface area contributed by atoms with Gasteiger partial charge < -0.3 is 10.4 Å². The van der Waals surface area contributed by atoms with E-state index >= 15 is 0 Å². The molecular weight excluding hydrogens is 224 g/mol. The molecule has 0 bridgehead atoms. The maximum atomic E-state index is 13.4. The molecule has 2 nitrogen and oxygen atoms in total. The van der Waals surface area contributed by atoms with Gasteiger partial charge in [-0.05, 0) is 25.0 Å². The van der Waals surface area contributed by atoms with Crippen LogP contribution in [0.15, 0.2) is 30.4 Å². The Labute approximate surface area is 99.0 Å². The number of hydrogen-bond donors (Lipinski definition) is 2. The van der Waals surface area contributed by atoms with Gasteiger partial charge in [-0.2, -0.15) is 0 Å². The van der Waals surface area contributed by atoms with Crippen LogP contribution in [0.25, 0.3) is 0 Å². The van der Waals surface area contributed by atoms with Gasteiger partial charge in [-0.1, -0.05) is 18.2 Å². The molecule has 92 valence electrons. The summed E-state index contributed by atoms with van der Waals surface area (Å²) in [5.41, 5.74) is -0.258. The summed E-state index contributed by atoms with van der Waals surface area (Å²) in [6.07, 6.45) is 4.73. The van der Waals surface area contributed by atoms with Gasteiger partial charge in [-0.15, -0.1) is 0 Å². The first kappa shape index (κ1) is 12.2. The summed E-state index contributed by atoms with van der Waals surface area (Å²) in [4.78, 5) is 0. The molecule has 2 rings (SSSR count). The molecule has 17 heavy (non-hydrogen) atoms. The maximum absolute atomic E-state index is 13.4. The first-order valence-electron chi connectivity index (χ1n) is 5.69. The van der Waals surface area contributed by atoms with Crippen LogP contribution in [0.3, 0.4) is 0 Å². The second kappa shape index (κ2) is 5.38. The van der Waals surface area contributed by atoms with Crippen LogP contribution in [0, 0.1) is 11.6 Å². The van der Waals surface area contributed by atoms with Crippen LogP contribution < -0.4 is 5.32 Å². The third-order valence-electron chi connectivity index (χ3n) is 2.94. The van der Waals surface area contributed by atoms with E-state index in [-0.39, 0.29) is 18.2 Å². The summed E-state index contributed by atoms with van der Waals surface area (Å²) in [6, 6.07) is 3.85. The second-order valence-electron chi connectivity index (χ2n) is 4.20. The summed E-state index contributed by atoms with van der Waals surface area (Å²) in [5.74, 6) is -1.41. The Morgan fingerprint density at radius 2 is 1.82 bits per heavy atom. The van der Waals surface area contributed by atoms with Crippen molar-refractivity contribution < 1.29 is 13.9 Å². The number of benzene rings is 1. The molecule has 0 heterocycles. The summed E-state index contributed by atoms with van der Waals surface area (Å²) in [5, 5.41) is 12.9. The number of rotatable bonds is 4. The molecular formula is C13H15F2NO. The molecule has 1 aromatic rings. The lowest BCUT2D eigenvalue weighted by atomic mass is 10.1. The zero-order valence-electron chi connectivity index (χ0n) is 9.37. The Morgan fingerprint density at radius 3 is 2.41 bits per heavy atom. The van der Waals surface area contributed by atoms with E-state index in [0.29, 0.717) is 0 Å². The van der Waals surface area contributed by atoms with Crippen molar-refractivity contribution in [2.75, 3.05) is 6.54 Å². The highest BCUT2D eigenvalue weighted by molar-refractivity contribution is 5.22. The molecule has 0 amide bonds. The Kier molecular flexibility index (Phi) is 3.86. The number of hydrogen-bond acceptors (Lipinski definition) is 2. The summed E-state index contributed by atoms with van der Waals surface area (Å²) in [6.45, 7) is 0.157. The summed E-state index contributed by atoms with van der Waals surface area (Å²) >= 11 is 0. The second-order valence-corrected chi connectivity index (χ2v) is 4.20. The molecule has 1 atom stereocenters. The minimum atomic E-state index is -1.16. The third kappa shape index (κ3) is 2.90. The standard InChI is InChI=1S/C13H15F2NO/c14-10-6-3-7-11(15)13(10)12(17)8-16-9-4-1-2-5-9/h1-3,6-7,9,12,16-17H,4-5,8H2. The Bertz CT molecular complexity index is 392. The average molecular weight is 239 g/mol. The number of nitrogens with one attached hydrogen (secondary N) is 1. The van der Waals surface area contributed by atoms with Crippen molar-refractivity contribution in [1.29, 1.82) is 0 Å². The van der Waals surface area contributed by atoms with Crippen molar-refractivity contribution in [1.82, 2.24) is 5.32 Å². The fourth-order valence-corrected chi connectivity index (χ4v) is 1.99. The number of halogens is 2. The van der Waals surface area contributed by atoms with E-state index in [2.05, 4.69) is 5.32 Å². The molecule has 0 aromatic heterocycles. The van der Waals surface area contributed by atoms with E-state index in [9.17, 15) is 13.9 Å². The van der Waals surface area contributed by atoms with Crippen molar-refractivity contribution in [3.05, 3.63) is 47.5 Å². The molecule has 0 spiro atoms. The van der Waals surface area contributed by atoms with Gasteiger partial charge in [-0.3, -0.25) is 0 Å². The predicted octanol–water partition coefficient (Wildman–Crippen LogP) is 2.31.